The fraction of sp³-hybridized carbons (Fsp3) is 0.235. The maximum Gasteiger partial charge on any atom is 0.322 e. The van der Waals surface area contributed by atoms with Crippen molar-refractivity contribution in [3.05, 3.63) is 58.9 Å². The maximum absolute atomic E-state index is 12.0. The Morgan fingerprint density at radius 1 is 1.09 bits per heavy atom. The average Bonchev–Trinajstić information content (AvgIpc) is 2.92. The molecule has 1 amide bonds. The van der Waals surface area contributed by atoms with E-state index in [4.69, 9.17) is 5.11 Å². The van der Waals surface area contributed by atoms with E-state index in [-0.39, 0.29) is 18.2 Å². The molecule has 2 aromatic rings. The molecule has 0 saturated heterocycles. The molecule has 0 aliphatic rings. The molecule has 0 aliphatic carbocycles. The second kappa shape index (κ2) is 8.53. The van der Waals surface area contributed by atoms with E-state index in [1.807, 2.05) is 50.2 Å². The van der Waals surface area contributed by atoms with Gasteiger partial charge in [0.05, 0.1) is 5.69 Å². The zero-order valence-electron chi connectivity index (χ0n) is 13.3. The van der Waals surface area contributed by atoms with Crippen LogP contribution in [0.25, 0.3) is 0 Å². The summed E-state index contributed by atoms with van der Waals surface area (Å²) in [5, 5.41) is 10.1. The van der Waals surface area contributed by atoms with E-state index in [0.717, 1.165) is 16.8 Å². The first-order valence-corrected chi connectivity index (χ1v) is 7.03. The van der Waals surface area contributed by atoms with Crippen LogP contribution in [0.5, 0.6) is 0 Å². The number of aromatic amines is 1. The Kier molecular flexibility index (Phi) is 6.73. The van der Waals surface area contributed by atoms with Crippen LogP contribution >= 0.6 is 0 Å². The number of rotatable bonds is 4. The molecule has 0 saturated carbocycles. The van der Waals surface area contributed by atoms with E-state index in [0.29, 0.717) is 5.69 Å². The van der Waals surface area contributed by atoms with Crippen molar-refractivity contribution in [3.8, 4) is 0 Å². The molecule has 3 N–H and O–H groups in total. The van der Waals surface area contributed by atoms with Gasteiger partial charge in [0.25, 0.3) is 0 Å². The number of carboxylic acid groups (broad SMARTS) is 1. The minimum Gasteiger partial charge on any atom is -0.480 e. The molecule has 122 valence electrons. The van der Waals surface area contributed by atoms with E-state index in [1.165, 1.54) is 6.92 Å². The number of aryl methyl sites for hydroxylation is 2. The van der Waals surface area contributed by atoms with Gasteiger partial charge >= 0.3 is 5.97 Å². The molecule has 0 atom stereocenters. The molecule has 1 aromatic carbocycles. The first kappa shape index (κ1) is 18.2. The predicted octanol–water partition coefficient (Wildman–Crippen LogP) is 2.07. The van der Waals surface area contributed by atoms with Crippen molar-refractivity contribution in [2.24, 2.45) is 0 Å². The zero-order chi connectivity index (χ0) is 17.4. The van der Waals surface area contributed by atoms with Gasteiger partial charge in [0, 0.05) is 18.2 Å². The Balaban J connectivity index is 0.000000284. The number of aromatic nitrogens is 1. The molecular formula is C17H20N2O4. The standard InChI is InChI=1S/C13H13NO.C4H7NO3/c1-9-5-3-4-6-11(9)13(15)12-8-7-10(2)14-12;1-3(6)5-2-4(7)8/h3-8,14H,1-2H3;2H2,1H3,(H,5,6)(H,7,8). The predicted molar refractivity (Wildman–Crippen MR) is 86.5 cm³/mol. The number of hydrogen-bond donors (Lipinski definition) is 3. The summed E-state index contributed by atoms with van der Waals surface area (Å²) in [5.74, 6) is -1.30. The number of carbonyl (C=O) groups excluding carboxylic acids is 2. The first-order valence-electron chi connectivity index (χ1n) is 7.03. The smallest absolute Gasteiger partial charge is 0.322 e. The topological polar surface area (TPSA) is 99.3 Å². The van der Waals surface area contributed by atoms with Crippen LogP contribution in [0, 0.1) is 13.8 Å². The van der Waals surface area contributed by atoms with Crippen LogP contribution in [0.4, 0.5) is 0 Å². The van der Waals surface area contributed by atoms with Gasteiger partial charge in [-0.15, -0.1) is 0 Å². The van der Waals surface area contributed by atoms with Gasteiger partial charge in [-0.1, -0.05) is 24.3 Å². The van der Waals surface area contributed by atoms with Gasteiger partial charge in [-0.2, -0.15) is 0 Å². The SMILES string of the molecule is CC(=O)NCC(=O)O.Cc1ccc(C(=O)c2ccccc2C)[nH]1. The van der Waals surface area contributed by atoms with Crippen LogP contribution in [0.1, 0.15) is 34.2 Å². The van der Waals surface area contributed by atoms with Gasteiger partial charge < -0.3 is 15.4 Å². The monoisotopic (exact) mass is 316 g/mol. The molecule has 1 aromatic heterocycles. The normalized spacial score (nSPS) is 9.52. The third kappa shape index (κ3) is 6.17. The van der Waals surface area contributed by atoms with Crippen molar-refractivity contribution in [2.75, 3.05) is 6.54 Å². The van der Waals surface area contributed by atoms with Crippen LogP contribution in [0.15, 0.2) is 36.4 Å². The van der Waals surface area contributed by atoms with E-state index in [9.17, 15) is 14.4 Å². The summed E-state index contributed by atoms with van der Waals surface area (Å²) in [5.41, 5.74) is 3.43. The number of H-pyrrole nitrogens is 1. The summed E-state index contributed by atoms with van der Waals surface area (Å²) in [4.78, 5) is 34.8. The zero-order valence-corrected chi connectivity index (χ0v) is 13.3. The van der Waals surface area contributed by atoms with Crippen molar-refractivity contribution in [2.45, 2.75) is 20.8 Å². The van der Waals surface area contributed by atoms with Crippen LogP contribution in [0.3, 0.4) is 0 Å². The molecule has 0 aliphatic heterocycles. The lowest BCUT2D eigenvalue weighted by Crippen LogP contribution is -2.26. The molecule has 1 heterocycles. The number of ketones is 1. The molecule has 0 unspecified atom stereocenters. The largest absolute Gasteiger partial charge is 0.480 e. The summed E-state index contributed by atoms with van der Waals surface area (Å²) < 4.78 is 0. The molecule has 23 heavy (non-hydrogen) atoms. The minimum atomic E-state index is -1.03. The summed E-state index contributed by atoms with van der Waals surface area (Å²) in [7, 11) is 0. The van der Waals surface area contributed by atoms with Gasteiger partial charge in [-0.05, 0) is 31.5 Å². The Hall–Kier alpha value is -2.89. The Morgan fingerprint density at radius 3 is 2.17 bits per heavy atom. The molecule has 0 fully saturated rings. The number of carboxylic acids is 1. The number of aliphatic carboxylic acids is 1. The Morgan fingerprint density at radius 2 is 1.74 bits per heavy atom. The fourth-order valence-electron chi connectivity index (χ4n) is 1.81. The number of nitrogens with one attached hydrogen (secondary N) is 2. The van der Waals surface area contributed by atoms with Gasteiger partial charge in [-0.25, -0.2) is 0 Å². The van der Waals surface area contributed by atoms with E-state index in [1.54, 1.807) is 0 Å². The van der Waals surface area contributed by atoms with E-state index < -0.39 is 5.97 Å². The average molecular weight is 316 g/mol. The third-order valence-corrected chi connectivity index (χ3v) is 2.95. The lowest BCUT2D eigenvalue weighted by molar-refractivity contribution is -0.137. The minimum absolute atomic E-state index is 0.0567. The third-order valence-electron chi connectivity index (χ3n) is 2.95. The Labute approximate surface area is 134 Å². The summed E-state index contributed by atoms with van der Waals surface area (Å²) >= 11 is 0. The van der Waals surface area contributed by atoms with E-state index >= 15 is 0 Å². The van der Waals surface area contributed by atoms with Crippen molar-refractivity contribution < 1.29 is 19.5 Å². The van der Waals surface area contributed by atoms with Gasteiger partial charge in [0.15, 0.2) is 0 Å². The van der Waals surface area contributed by atoms with Crippen LogP contribution in [-0.2, 0) is 9.59 Å². The lowest BCUT2D eigenvalue weighted by Gasteiger charge is -2.02. The fourth-order valence-corrected chi connectivity index (χ4v) is 1.81. The molecule has 6 nitrogen and oxygen atoms in total. The van der Waals surface area contributed by atoms with E-state index in [2.05, 4.69) is 10.3 Å². The van der Waals surface area contributed by atoms with Crippen molar-refractivity contribution in [1.82, 2.24) is 10.3 Å². The molecular weight excluding hydrogens is 296 g/mol. The van der Waals surface area contributed by atoms with Gasteiger partial charge in [0.1, 0.15) is 6.54 Å². The maximum atomic E-state index is 12.0. The van der Waals surface area contributed by atoms with Crippen molar-refractivity contribution >= 4 is 17.7 Å². The summed E-state index contributed by atoms with van der Waals surface area (Å²) in [6, 6.07) is 11.4. The highest BCUT2D eigenvalue weighted by Gasteiger charge is 2.11. The van der Waals surface area contributed by atoms with Gasteiger partial charge in [0.2, 0.25) is 11.7 Å². The van der Waals surface area contributed by atoms with Crippen molar-refractivity contribution in [3.63, 3.8) is 0 Å². The lowest BCUT2D eigenvalue weighted by atomic mass is 10.0. The number of benzene rings is 1. The molecule has 0 radical (unpaired) electrons. The van der Waals surface area contributed by atoms with Gasteiger partial charge in [-0.3, -0.25) is 14.4 Å². The molecule has 2 rings (SSSR count). The molecule has 0 spiro atoms. The van der Waals surface area contributed by atoms with Crippen LogP contribution in [-0.4, -0.2) is 34.3 Å². The quantitative estimate of drug-likeness (QED) is 0.752. The molecule has 6 heteroatoms. The number of carbonyl (C=O) groups is 3. The highest BCUT2D eigenvalue weighted by molar-refractivity contribution is 6.08. The van der Waals surface area contributed by atoms with Crippen LogP contribution < -0.4 is 5.32 Å². The first-order chi connectivity index (χ1) is 10.8. The Bertz CT molecular complexity index is 690. The summed E-state index contributed by atoms with van der Waals surface area (Å²) in [6.07, 6.45) is 0. The second-order valence-electron chi connectivity index (χ2n) is 5.00. The highest BCUT2D eigenvalue weighted by atomic mass is 16.4. The summed E-state index contributed by atoms with van der Waals surface area (Å²) in [6.45, 7) is 4.86. The molecule has 0 bridgehead atoms. The highest BCUT2D eigenvalue weighted by Crippen LogP contribution is 2.13. The second-order valence-corrected chi connectivity index (χ2v) is 5.00. The van der Waals surface area contributed by atoms with Crippen LogP contribution in [0.2, 0.25) is 0 Å². The number of amides is 1. The number of hydrogen-bond acceptors (Lipinski definition) is 3. The van der Waals surface area contributed by atoms with Crippen molar-refractivity contribution in [1.29, 1.82) is 0 Å².